The van der Waals surface area contributed by atoms with Crippen LogP contribution < -0.4 is 5.32 Å². The number of likely N-dealkylation sites (N-methyl/N-ethyl adjacent to an activating group) is 1. The van der Waals surface area contributed by atoms with Crippen molar-refractivity contribution in [1.82, 2.24) is 5.32 Å². The quantitative estimate of drug-likeness (QED) is 0.0243. The predicted octanol–water partition coefficient (Wildman–Crippen LogP) is 21.7. The zero-order chi connectivity index (χ0) is 56.3. The lowest BCUT2D eigenvalue weighted by Gasteiger charge is -2.26. The van der Waals surface area contributed by atoms with Gasteiger partial charge in [0.1, 0.15) is 13.2 Å². The van der Waals surface area contributed by atoms with Gasteiger partial charge in [0, 0.05) is 6.42 Å². The van der Waals surface area contributed by atoms with Gasteiger partial charge in [0.15, 0.2) is 0 Å². The molecule has 0 radical (unpaired) electrons. The van der Waals surface area contributed by atoms with Crippen LogP contribution in [0.3, 0.4) is 0 Å². The molecule has 460 valence electrons. The van der Waals surface area contributed by atoms with Gasteiger partial charge in [-0.3, -0.25) is 13.8 Å². The molecule has 0 aromatic rings. The van der Waals surface area contributed by atoms with Crippen LogP contribution in [0.4, 0.5) is 0 Å². The van der Waals surface area contributed by atoms with E-state index in [4.69, 9.17) is 9.05 Å². The third kappa shape index (κ3) is 62.7. The molecule has 0 aromatic heterocycles. The molecule has 3 N–H and O–H groups in total. The maximum atomic E-state index is 13.1. The Morgan fingerprint density at radius 3 is 1.00 bits per heavy atom. The summed E-state index contributed by atoms with van der Waals surface area (Å²) in [7, 11) is 1.64. The molecule has 0 fully saturated rings. The third-order valence-electron chi connectivity index (χ3n) is 16.3. The van der Waals surface area contributed by atoms with E-state index in [0.29, 0.717) is 23.9 Å². The smallest absolute Gasteiger partial charge is 0.391 e. The Morgan fingerprint density at radius 2 is 0.701 bits per heavy atom. The van der Waals surface area contributed by atoms with Crippen LogP contribution in [0.2, 0.25) is 0 Å². The highest BCUT2D eigenvalue weighted by molar-refractivity contribution is 7.47. The largest absolute Gasteiger partial charge is 0.472 e. The van der Waals surface area contributed by atoms with Crippen LogP contribution in [0.15, 0.2) is 12.2 Å². The Bertz CT molecular complexity index is 1260. The fourth-order valence-electron chi connectivity index (χ4n) is 10.9. The Morgan fingerprint density at radius 1 is 0.429 bits per heavy atom. The molecule has 0 aliphatic carbocycles. The van der Waals surface area contributed by atoms with Crippen LogP contribution in [-0.4, -0.2) is 73.4 Å². The highest BCUT2D eigenvalue weighted by atomic mass is 31.2. The van der Waals surface area contributed by atoms with E-state index < -0.39 is 20.0 Å². The van der Waals surface area contributed by atoms with Gasteiger partial charge in [-0.05, 0) is 38.5 Å². The summed E-state index contributed by atoms with van der Waals surface area (Å²) in [5, 5.41) is 14.1. The van der Waals surface area contributed by atoms with Gasteiger partial charge < -0.3 is 19.8 Å². The molecule has 3 unspecified atom stereocenters. The Hall–Kier alpha value is -0.760. The predicted molar refractivity (Wildman–Crippen MR) is 337 cm³/mol. The molecule has 0 saturated heterocycles. The van der Waals surface area contributed by atoms with Crippen LogP contribution in [0.1, 0.15) is 367 Å². The van der Waals surface area contributed by atoms with Gasteiger partial charge in [0.2, 0.25) is 5.91 Å². The first-order valence-electron chi connectivity index (χ1n) is 34.6. The van der Waals surface area contributed by atoms with E-state index >= 15 is 0 Å². The summed E-state index contributed by atoms with van der Waals surface area (Å²) in [5.41, 5.74) is 0. The average molecular weight is 1110 g/mol. The number of nitrogens with one attached hydrogen (secondary N) is 1. The molecule has 77 heavy (non-hydrogen) atoms. The molecular weight excluding hydrogens is 972 g/mol. The molecule has 8 nitrogen and oxygen atoms in total. The number of hydrogen-bond acceptors (Lipinski definition) is 5. The minimum atomic E-state index is -4.32. The van der Waals surface area contributed by atoms with Crippen molar-refractivity contribution >= 4 is 13.7 Å². The number of phosphoric acid groups is 1. The van der Waals surface area contributed by atoms with E-state index in [-0.39, 0.29) is 19.1 Å². The molecule has 3 atom stereocenters. The summed E-state index contributed by atoms with van der Waals surface area (Å²) in [6.07, 6.45) is 76.0. The lowest BCUT2D eigenvalue weighted by atomic mass is 10.0. The molecule has 0 heterocycles. The van der Waals surface area contributed by atoms with Gasteiger partial charge in [-0.2, -0.15) is 0 Å². The van der Waals surface area contributed by atoms with Crippen molar-refractivity contribution in [2.24, 2.45) is 0 Å². The first kappa shape index (κ1) is 76.2. The normalized spacial score (nSPS) is 13.7. The first-order valence-corrected chi connectivity index (χ1v) is 36.0. The second-order valence-electron chi connectivity index (χ2n) is 25.3. The van der Waals surface area contributed by atoms with E-state index in [9.17, 15) is 19.4 Å². The van der Waals surface area contributed by atoms with E-state index in [0.717, 1.165) is 38.5 Å². The summed E-state index contributed by atoms with van der Waals surface area (Å²) < 4.78 is 23.9. The number of amides is 1. The van der Waals surface area contributed by atoms with Gasteiger partial charge in [-0.1, -0.05) is 334 Å². The number of aliphatic hydroxyl groups excluding tert-OH is 1. The lowest BCUT2D eigenvalue weighted by Crippen LogP contribution is -2.46. The van der Waals surface area contributed by atoms with Crippen molar-refractivity contribution in [3.63, 3.8) is 0 Å². The number of rotatable bonds is 65. The Labute approximate surface area is 482 Å². The summed E-state index contributed by atoms with van der Waals surface area (Å²) >= 11 is 0. The number of unbranched alkanes of at least 4 members (excludes halogenated alkanes) is 50. The second kappa shape index (κ2) is 59.8. The summed E-state index contributed by atoms with van der Waals surface area (Å²) in [6.45, 7) is 4.95. The number of aliphatic hydroxyl groups is 1. The number of phosphoric ester groups is 1. The van der Waals surface area contributed by atoms with Crippen molar-refractivity contribution in [3.05, 3.63) is 12.2 Å². The molecular formula is C68H138N2O6P+. The average Bonchev–Trinajstić information content (AvgIpc) is 3.39. The number of nitrogens with zero attached hydrogens (tertiary/aromatic N) is 1. The molecule has 0 aliphatic heterocycles. The number of hydrogen-bond donors (Lipinski definition) is 3. The van der Waals surface area contributed by atoms with Crippen molar-refractivity contribution in [3.8, 4) is 0 Å². The number of carbonyl (C=O) groups excluding carboxylic acids is 1. The van der Waals surface area contributed by atoms with Gasteiger partial charge in [0.25, 0.3) is 0 Å². The molecule has 0 bridgehead atoms. The van der Waals surface area contributed by atoms with E-state index in [2.05, 4.69) is 31.3 Å². The van der Waals surface area contributed by atoms with Crippen LogP contribution in [0.25, 0.3) is 0 Å². The maximum absolute atomic E-state index is 13.1. The summed E-state index contributed by atoms with van der Waals surface area (Å²) in [6, 6.07) is -0.758. The fourth-order valence-corrected chi connectivity index (χ4v) is 11.6. The Balaban J connectivity index is 3.95. The lowest BCUT2D eigenvalue weighted by molar-refractivity contribution is -0.870. The molecule has 0 saturated carbocycles. The molecule has 0 rings (SSSR count). The van der Waals surface area contributed by atoms with Crippen LogP contribution in [-0.2, 0) is 18.4 Å². The third-order valence-corrected chi connectivity index (χ3v) is 17.2. The van der Waals surface area contributed by atoms with Gasteiger partial charge in [-0.15, -0.1) is 0 Å². The number of carbonyl (C=O) groups is 1. The Kier molecular flexibility index (Phi) is 59.3. The van der Waals surface area contributed by atoms with Crippen molar-refractivity contribution in [1.29, 1.82) is 0 Å². The SMILES string of the molecule is CCCCCCCCCCCCCCCC/C=C\CCCCCCCCCCCCCCCCCCCC(=O)NC(COP(=O)(O)OCC[N+](C)(C)C)C(O)CCCCCCCCCCCCCCCCCCCCCC. The molecule has 9 heteroatoms. The molecule has 0 aromatic carbocycles. The van der Waals surface area contributed by atoms with Gasteiger partial charge in [-0.25, -0.2) is 4.57 Å². The molecule has 1 amide bonds. The second-order valence-corrected chi connectivity index (χ2v) is 26.7. The van der Waals surface area contributed by atoms with E-state index in [1.54, 1.807) is 0 Å². The van der Waals surface area contributed by atoms with Gasteiger partial charge >= 0.3 is 7.82 Å². The van der Waals surface area contributed by atoms with Crippen molar-refractivity contribution in [2.75, 3.05) is 40.9 Å². The van der Waals surface area contributed by atoms with Crippen LogP contribution in [0, 0.1) is 0 Å². The fraction of sp³-hybridized carbons (Fsp3) is 0.956. The first-order chi connectivity index (χ1) is 37.5. The minimum Gasteiger partial charge on any atom is -0.391 e. The molecule has 0 spiro atoms. The highest BCUT2D eigenvalue weighted by Crippen LogP contribution is 2.43. The summed E-state index contributed by atoms with van der Waals surface area (Å²) in [4.78, 5) is 23.4. The monoisotopic (exact) mass is 1110 g/mol. The minimum absolute atomic E-state index is 0.0781. The van der Waals surface area contributed by atoms with E-state index in [1.165, 1.54) is 302 Å². The van der Waals surface area contributed by atoms with Crippen LogP contribution in [0.5, 0.6) is 0 Å². The van der Waals surface area contributed by atoms with Crippen LogP contribution >= 0.6 is 7.82 Å². The highest BCUT2D eigenvalue weighted by Gasteiger charge is 2.28. The van der Waals surface area contributed by atoms with Gasteiger partial charge in [0.05, 0.1) is 39.9 Å². The van der Waals surface area contributed by atoms with E-state index in [1.807, 2.05) is 21.1 Å². The summed E-state index contributed by atoms with van der Waals surface area (Å²) in [5.74, 6) is -0.136. The van der Waals surface area contributed by atoms with Crippen molar-refractivity contribution in [2.45, 2.75) is 379 Å². The standard InChI is InChI=1S/C68H137N2O6P/c1-6-8-10-12-14-16-18-20-22-24-26-28-29-30-31-32-33-34-35-36-37-38-39-40-41-42-44-46-48-50-52-54-56-58-60-62-68(72)69-66(65-76-77(73,74)75-64-63-70(3,4)5)67(71)61-59-57-55-53-51-49-47-45-43-27-25-23-21-19-17-15-13-11-9-7-2/h32-33,66-67,71H,6-31,34-65H2,1-5H3,(H-,69,72,73,74)/p+1/b33-32-. The topological polar surface area (TPSA) is 105 Å². The maximum Gasteiger partial charge on any atom is 0.472 e. The molecule has 0 aliphatic rings. The number of allylic oxidation sites excluding steroid dienone is 2. The zero-order valence-electron chi connectivity index (χ0n) is 52.7. The van der Waals surface area contributed by atoms with Crippen molar-refractivity contribution < 1.29 is 32.9 Å². The zero-order valence-corrected chi connectivity index (χ0v) is 53.6. The number of quaternary nitrogens is 1.